The van der Waals surface area contributed by atoms with Crippen molar-refractivity contribution in [2.24, 2.45) is 5.92 Å². The van der Waals surface area contributed by atoms with Gasteiger partial charge in [0.15, 0.2) is 17.3 Å². The molecule has 0 N–H and O–H groups in total. The molecule has 0 radical (unpaired) electrons. The first-order valence-electron chi connectivity index (χ1n) is 9.25. The fourth-order valence-electron chi connectivity index (χ4n) is 3.34. The third kappa shape index (κ3) is 3.87. The Morgan fingerprint density at radius 2 is 1.82 bits per heavy atom. The highest BCUT2D eigenvalue weighted by atomic mass is 35.5. The van der Waals surface area contributed by atoms with Gasteiger partial charge in [0.05, 0.1) is 10.7 Å². The van der Waals surface area contributed by atoms with Crippen LogP contribution in [-0.4, -0.2) is 24.0 Å². The molecule has 0 bridgehead atoms. The number of Topliss-reactive ketones (excluding diaryl/α,β-unsaturated/α-hetero) is 1. The van der Waals surface area contributed by atoms with Crippen LogP contribution in [0.25, 0.3) is 11.3 Å². The van der Waals surface area contributed by atoms with Crippen molar-refractivity contribution in [1.82, 2.24) is 4.98 Å². The summed E-state index contributed by atoms with van der Waals surface area (Å²) in [5.74, 6) is 1.47. The summed E-state index contributed by atoms with van der Waals surface area (Å²) in [4.78, 5) is 17.2. The quantitative estimate of drug-likeness (QED) is 0.556. The Morgan fingerprint density at radius 3 is 2.57 bits per heavy atom. The summed E-state index contributed by atoms with van der Waals surface area (Å²) in [5.41, 5.74) is 3.34. The van der Waals surface area contributed by atoms with E-state index in [1.807, 2.05) is 49.4 Å². The first-order valence-corrected chi connectivity index (χ1v) is 9.63. The lowest BCUT2D eigenvalue weighted by atomic mass is 9.92. The van der Waals surface area contributed by atoms with Crippen molar-refractivity contribution >= 4 is 17.4 Å². The first kappa shape index (κ1) is 18.5. The summed E-state index contributed by atoms with van der Waals surface area (Å²) in [5, 5.41) is 0.591. The van der Waals surface area contributed by atoms with Gasteiger partial charge in [0.1, 0.15) is 13.2 Å². The summed E-state index contributed by atoms with van der Waals surface area (Å²) >= 11 is 6.20. The molecule has 0 spiro atoms. The minimum Gasteiger partial charge on any atom is -0.486 e. The lowest BCUT2D eigenvalue weighted by molar-refractivity contribution is 0.0929. The van der Waals surface area contributed by atoms with E-state index in [0.717, 1.165) is 22.6 Å². The second-order valence-corrected chi connectivity index (χ2v) is 7.27. The first-order chi connectivity index (χ1) is 13.6. The van der Waals surface area contributed by atoms with E-state index in [4.69, 9.17) is 21.1 Å². The standard InChI is InChI=1S/C23H20ClNO3/c1-15(13-16-4-9-20-21(14-16)28-12-11-27-20)23(26)18-7-5-17(6-8-18)22-19(24)3-2-10-25-22/h2-10,14-15H,11-13H2,1H3. The Morgan fingerprint density at radius 1 is 1.07 bits per heavy atom. The van der Waals surface area contributed by atoms with Crippen molar-refractivity contribution in [3.8, 4) is 22.8 Å². The molecule has 1 unspecified atom stereocenters. The number of aromatic nitrogens is 1. The van der Waals surface area contributed by atoms with Crippen molar-refractivity contribution in [2.75, 3.05) is 13.2 Å². The number of hydrogen-bond donors (Lipinski definition) is 0. The minimum atomic E-state index is -0.146. The van der Waals surface area contributed by atoms with Gasteiger partial charge in [-0.3, -0.25) is 9.78 Å². The summed E-state index contributed by atoms with van der Waals surface area (Å²) in [6.45, 7) is 3.07. The van der Waals surface area contributed by atoms with Crippen LogP contribution in [0, 0.1) is 5.92 Å². The highest BCUT2D eigenvalue weighted by Gasteiger charge is 2.18. The van der Waals surface area contributed by atoms with Crippen LogP contribution in [0.4, 0.5) is 0 Å². The number of fused-ring (bicyclic) bond motifs is 1. The second kappa shape index (κ2) is 8.03. The number of halogens is 1. The van der Waals surface area contributed by atoms with Gasteiger partial charge in [-0.2, -0.15) is 0 Å². The molecule has 142 valence electrons. The average Bonchev–Trinajstić information content (AvgIpc) is 2.73. The van der Waals surface area contributed by atoms with Gasteiger partial charge in [-0.15, -0.1) is 0 Å². The number of hydrogen-bond acceptors (Lipinski definition) is 4. The summed E-state index contributed by atoms with van der Waals surface area (Å²) in [7, 11) is 0. The molecule has 0 aliphatic carbocycles. The average molecular weight is 394 g/mol. The minimum absolute atomic E-state index is 0.105. The van der Waals surface area contributed by atoms with Crippen molar-refractivity contribution in [3.05, 3.63) is 76.9 Å². The Labute approximate surface area is 169 Å². The van der Waals surface area contributed by atoms with E-state index in [1.165, 1.54) is 0 Å². The molecule has 0 saturated heterocycles. The highest BCUT2D eigenvalue weighted by molar-refractivity contribution is 6.33. The molecular formula is C23H20ClNO3. The lowest BCUT2D eigenvalue weighted by Crippen LogP contribution is -2.16. The molecule has 28 heavy (non-hydrogen) atoms. The number of ether oxygens (including phenoxy) is 2. The van der Waals surface area contributed by atoms with Crippen LogP contribution in [0.1, 0.15) is 22.8 Å². The second-order valence-electron chi connectivity index (χ2n) is 6.86. The van der Waals surface area contributed by atoms with Gasteiger partial charge in [0.2, 0.25) is 0 Å². The SMILES string of the molecule is CC(Cc1ccc2c(c1)OCCO2)C(=O)c1ccc(-c2ncccc2Cl)cc1. The molecule has 4 nitrogen and oxygen atoms in total. The van der Waals surface area contributed by atoms with E-state index in [1.54, 1.807) is 18.3 Å². The number of nitrogens with zero attached hydrogens (tertiary/aromatic N) is 1. The molecule has 5 heteroatoms. The van der Waals surface area contributed by atoms with E-state index in [-0.39, 0.29) is 11.7 Å². The molecule has 4 rings (SSSR count). The Bertz CT molecular complexity index is 1000. The van der Waals surface area contributed by atoms with Gasteiger partial charge < -0.3 is 9.47 Å². The van der Waals surface area contributed by atoms with Gasteiger partial charge in [-0.05, 0) is 36.2 Å². The fraction of sp³-hybridized carbons (Fsp3) is 0.217. The third-order valence-corrected chi connectivity index (χ3v) is 5.10. The zero-order valence-electron chi connectivity index (χ0n) is 15.5. The van der Waals surface area contributed by atoms with Crippen molar-refractivity contribution in [2.45, 2.75) is 13.3 Å². The van der Waals surface area contributed by atoms with Crippen LogP contribution >= 0.6 is 11.6 Å². The lowest BCUT2D eigenvalue weighted by Gasteiger charge is -2.19. The molecule has 1 atom stereocenters. The molecule has 0 amide bonds. The predicted octanol–water partition coefficient (Wildman–Crippen LogP) is 5.23. The zero-order chi connectivity index (χ0) is 19.5. The van der Waals surface area contributed by atoms with Crippen molar-refractivity contribution < 1.29 is 14.3 Å². The summed E-state index contributed by atoms with van der Waals surface area (Å²) < 4.78 is 11.2. The van der Waals surface area contributed by atoms with Crippen LogP contribution in [0.15, 0.2) is 60.8 Å². The molecule has 3 aromatic rings. The molecule has 1 aromatic heterocycles. The maximum atomic E-state index is 12.9. The zero-order valence-corrected chi connectivity index (χ0v) is 16.3. The predicted molar refractivity (Wildman–Crippen MR) is 109 cm³/mol. The van der Waals surface area contributed by atoms with Gasteiger partial charge in [-0.1, -0.05) is 48.9 Å². The van der Waals surface area contributed by atoms with Gasteiger partial charge >= 0.3 is 0 Å². The van der Waals surface area contributed by atoms with E-state index < -0.39 is 0 Å². The Balaban J connectivity index is 1.47. The topological polar surface area (TPSA) is 48.4 Å². The molecular weight excluding hydrogens is 374 g/mol. The van der Waals surface area contributed by atoms with Crippen molar-refractivity contribution in [1.29, 1.82) is 0 Å². The molecule has 1 aliphatic heterocycles. The van der Waals surface area contributed by atoms with Crippen LogP contribution in [-0.2, 0) is 6.42 Å². The largest absolute Gasteiger partial charge is 0.486 e. The van der Waals surface area contributed by atoms with Crippen LogP contribution in [0.2, 0.25) is 5.02 Å². The molecule has 0 fully saturated rings. The van der Waals surface area contributed by atoms with E-state index in [9.17, 15) is 4.79 Å². The van der Waals surface area contributed by atoms with Crippen molar-refractivity contribution in [3.63, 3.8) is 0 Å². The number of pyridine rings is 1. The number of rotatable bonds is 5. The monoisotopic (exact) mass is 393 g/mol. The molecule has 0 saturated carbocycles. The maximum absolute atomic E-state index is 12.9. The Kier molecular flexibility index (Phi) is 5.31. The smallest absolute Gasteiger partial charge is 0.165 e. The maximum Gasteiger partial charge on any atom is 0.165 e. The number of carbonyl (C=O) groups excluding carboxylic acids is 1. The van der Waals surface area contributed by atoms with E-state index >= 15 is 0 Å². The van der Waals surface area contributed by atoms with Crippen LogP contribution in [0.3, 0.4) is 0 Å². The number of ketones is 1. The summed E-state index contributed by atoms with van der Waals surface area (Å²) in [6.07, 6.45) is 2.35. The molecule has 2 aromatic carbocycles. The van der Waals surface area contributed by atoms with Gasteiger partial charge in [0, 0.05) is 23.2 Å². The third-order valence-electron chi connectivity index (χ3n) is 4.80. The van der Waals surface area contributed by atoms with E-state index in [0.29, 0.717) is 35.9 Å². The van der Waals surface area contributed by atoms with Crippen LogP contribution < -0.4 is 9.47 Å². The van der Waals surface area contributed by atoms with Crippen LogP contribution in [0.5, 0.6) is 11.5 Å². The summed E-state index contributed by atoms with van der Waals surface area (Å²) in [6, 6.07) is 16.9. The number of benzene rings is 2. The fourth-order valence-corrected chi connectivity index (χ4v) is 3.57. The van der Waals surface area contributed by atoms with Gasteiger partial charge in [-0.25, -0.2) is 0 Å². The normalized spacial score (nSPS) is 13.8. The molecule has 1 aliphatic rings. The Hall–Kier alpha value is -2.85. The van der Waals surface area contributed by atoms with Gasteiger partial charge in [0.25, 0.3) is 0 Å². The number of carbonyl (C=O) groups is 1. The van der Waals surface area contributed by atoms with E-state index in [2.05, 4.69) is 4.98 Å². The molecule has 2 heterocycles. The highest BCUT2D eigenvalue weighted by Crippen LogP contribution is 2.32.